The maximum atomic E-state index is 12.1. The molecule has 18 heavy (non-hydrogen) atoms. The van der Waals surface area contributed by atoms with Crippen molar-refractivity contribution >= 4 is 15.5 Å². The van der Waals surface area contributed by atoms with Crippen LogP contribution in [0.3, 0.4) is 0 Å². The summed E-state index contributed by atoms with van der Waals surface area (Å²) < 4.78 is 29.1. The van der Waals surface area contributed by atoms with Crippen LogP contribution in [0.15, 0.2) is 23.1 Å². The van der Waals surface area contributed by atoms with Gasteiger partial charge in [-0.15, -0.1) is 0 Å². The van der Waals surface area contributed by atoms with Crippen molar-refractivity contribution in [3.8, 4) is 11.8 Å². The maximum absolute atomic E-state index is 12.1. The fourth-order valence-electron chi connectivity index (χ4n) is 1.52. The van der Waals surface area contributed by atoms with E-state index in [2.05, 4.69) is 0 Å². The highest BCUT2D eigenvalue weighted by atomic mass is 32.2. The van der Waals surface area contributed by atoms with E-state index in [0.29, 0.717) is 25.0 Å². The first-order valence-electron chi connectivity index (χ1n) is 5.54. The summed E-state index contributed by atoms with van der Waals surface area (Å²) in [6.07, 6.45) is 1.38. The van der Waals surface area contributed by atoms with E-state index in [4.69, 9.17) is 15.7 Å². The molecule has 0 heterocycles. The molecule has 2 N–H and O–H groups in total. The molecule has 0 atom stereocenters. The van der Waals surface area contributed by atoms with Gasteiger partial charge in [-0.25, -0.2) is 8.42 Å². The molecule has 0 amide bonds. The first kappa shape index (κ1) is 14.3. The number of methoxy groups -OCH3 is 1. The lowest BCUT2D eigenvalue weighted by Gasteiger charge is -2.09. The van der Waals surface area contributed by atoms with E-state index in [9.17, 15) is 8.42 Å². The number of nitrogens with two attached hydrogens (primary N) is 1. The number of ether oxygens (including phenoxy) is 1. The minimum atomic E-state index is -3.42. The third-order valence-electron chi connectivity index (χ3n) is 2.51. The SMILES string of the molecule is COc1ccc(N)c(S(=O)(=O)CCCCC#N)c1. The van der Waals surface area contributed by atoms with Gasteiger partial charge in [0.2, 0.25) is 0 Å². The van der Waals surface area contributed by atoms with Gasteiger partial charge in [-0.2, -0.15) is 5.26 Å². The Labute approximate surface area is 107 Å². The minimum absolute atomic E-state index is 0.00789. The highest BCUT2D eigenvalue weighted by Gasteiger charge is 2.18. The molecule has 0 radical (unpaired) electrons. The molecule has 0 unspecified atom stereocenters. The number of hydrogen-bond donors (Lipinski definition) is 1. The van der Waals surface area contributed by atoms with Crippen LogP contribution in [0.2, 0.25) is 0 Å². The zero-order chi connectivity index (χ0) is 13.6. The number of nitriles is 1. The lowest BCUT2D eigenvalue weighted by atomic mass is 10.3. The van der Waals surface area contributed by atoms with E-state index in [1.807, 2.05) is 6.07 Å². The molecule has 0 fully saturated rings. The predicted octanol–water partition coefficient (Wildman–Crippen LogP) is 1.74. The highest BCUT2D eigenvalue weighted by molar-refractivity contribution is 7.91. The van der Waals surface area contributed by atoms with Gasteiger partial charge in [-0.05, 0) is 25.0 Å². The number of anilines is 1. The average Bonchev–Trinajstić information content (AvgIpc) is 2.35. The summed E-state index contributed by atoms with van der Waals surface area (Å²) in [4.78, 5) is 0.0961. The van der Waals surface area contributed by atoms with Crippen LogP contribution in [0, 0.1) is 11.3 Å². The molecular weight excluding hydrogens is 252 g/mol. The summed E-state index contributed by atoms with van der Waals surface area (Å²) >= 11 is 0. The summed E-state index contributed by atoms with van der Waals surface area (Å²) in [5, 5.41) is 8.39. The molecule has 0 saturated heterocycles. The number of unbranched alkanes of at least 4 members (excludes halogenated alkanes) is 2. The van der Waals surface area contributed by atoms with Crippen LogP contribution in [-0.2, 0) is 9.84 Å². The van der Waals surface area contributed by atoms with Crippen molar-refractivity contribution in [1.29, 1.82) is 5.26 Å². The Hall–Kier alpha value is -1.74. The Kier molecular flexibility index (Phi) is 4.98. The Morgan fingerprint density at radius 3 is 2.72 bits per heavy atom. The largest absolute Gasteiger partial charge is 0.497 e. The first-order valence-corrected chi connectivity index (χ1v) is 7.19. The van der Waals surface area contributed by atoms with Gasteiger partial charge in [0.05, 0.1) is 29.5 Å². The molecular formula is C12H16N2O3S. The normalized spacial score (nSPS) is 10.9. The lowest BCUT2D eigenvalue weighted by molar-refractivity contribution is 0.413. The topological polar surface area (TPSA) is 93.2 Å². The van der Waals surface area contributed by atoms with E-state index in [1.54, 1.807) is 6.07 Å². The van der Waals surface area contributed by atoms with Gasteiger partial charge in [0.25, 0.3) is 0 Å². The predicted molar refractivity (Wildman–Crippen MR) is 68.9 cm³/mol. The molecule has 0 spiro atoms. The molecule has 98 valence electrons. The molecule has 6 heteroatoms. The molecule has 1 aromatic carbocycles. The van der Waals surface area contributed by atoms with E-state index < -0.39 is 9.84 Å². The Morgan fingerprint density at radius 2 is 2.11 bits per heavy atom. The van der Waals surface area contributed by atoms with E-state index in [0.717, 1.165) is 0 Å². The average molecular weight is 268 g/mol. The van der Waals surface area contributed by atoms with E-state index in [1.165, 1.54) is 19.2 Å². The number of nitrogen functional groups attached to an aromatic ring is 1. The van der Waals surface area contributed by atoms with Gasteiger partial charge < -0.3 is 10.5 Å². The molecule has 1 rings (SSSR count). The molecule has 0 aliphatic carbocycles. The van der Waals surface area contributed by atoms with E-state index in [-0.39, 0.29) is 16.3 Å². The molecule has 0 aromatic heterocycles. The number of benzene rings is 1. The number of sulfone groups is 1. The third-order valence-corrected chi connectivity index (χ3v) is 4.36. The summed E-state index contributed by atoms with van der Waals surface area (Å²) in [6.45, 7) is 0. The zero-order valence-electron chi connectivity index (χ0n) is 10.2. The van der Waals surface area contributed by atoms with Gasteiger partial charge in [-0.3, -0.25) is 0 Å². The van der Waals surface area contributed by atoms with Crippen molar-refractivity contribution < 1.29 is 13.2 Å². The second kappa shape index (κ2) is 6.26. The smallest absolute Gasteiger partial charge is 0.180 e. The molecule has 5 nitrogen and oxygen atoms in total. The van der Waals surface area contributed by atoms with Crippen LogP contribution in [-0.4, -0.2) is 21.3 Å². The quantitative estimate of drug-likeness (QED) is 0.626. The fourth-order valence-corrected chi connectivity index (χ4v) is 3.04. The van der Waals surface area contributed by atoms with Gasteiger partial charge in [0.1, 0.15) is 5.75 Å². The Bertz CT molecular complexity index is 547. The summed E-state index contributed by atoms with van der Waals surface area (Å²) in [5.41, 5.74) is 5.89. The van der Waals surface area contributed by atoms with Crippen molar-refractivity contribution in [2.45, 2.75) is 24.2 Å². The van der Waals surface area contributed by atoms with Crippen LogP contribution in [0.25, 0.3) is 0 Å². The second-order valence-electron chi connectivity index (χ2n) is 3.84. The van der Waals surface area contributed by atoms with Gasteiger partial charge in [-0.1, -0.05) is 0 Å². The molecule has 0 aliphatic rings. The standard InChI is InChI=1S/C12H16N2O3S/c1-17-10-5-6-11(14)12(9-10)18(15,16)8-4-2-3-7-13/h5-6,9H,2-4,8,14H2,1H3. The van der Waals surface area contributed by atoms with Crippen LogP contribution < -0.4 is 10.5 Å². The molecule has 1 aromatic rings. The maximum Gasteiger partial charge on any atom is 0.180 e. The van der Waals surface area contributed by atoms with Gasteiger partial charge in [0.15, 0.2) is 9.84 Å². The molecule has 0 aliphatic heterocycles. The monoisotopic (exact) mass is 268 g/mol. The van der Waals surface area contributed by atoms with E-state index >= 15 is 0 Å². The summed E-state index contributed by atoms with van der Waals surface area (Å²) in [5.74, 6) is 0.450. The lowest BCUT2D eigenvalue weighted by Crippen LogP contribution is -2.09. The first-order chi connectivity index (χ1) is 8.51. The third kappa shape index (κ3) is 3.64. The Morgan fingerprint density at radius 1 is 1.39 bits per heavy atom. The fraction of sp³-hybridized carbons (Fsp3) is 0.417. The number of nitrogens with zero attached hydrogens (tertiary/aromatic N) is 1. The molecule has 0 bridgehead atoms. The summed E-state index contributed by atoms with van der Waals surface area (Å²) in [7, 11) is -1.95. The Balaban J connectivity index is 2.87. The zero-order valence-corrected chi connectivity index (χ0v) is 11.0. The highest BCUT2D eigenvalue weighted by Crippen LogP contribution is 2.25. The van der Waals surface area contributed by atoms with Crippen LogP contribution in [0.5, 0.6) is 5.75 Å². The van der Waals surface area contributed by atoms with Crippen LogP contribution in [0.4, 0.5) is 5.69 Å². The second-order valence-corrected chi connectivity index (χ2v) is 5.92. The van der Waals surface area contributed by atoms with Gasteiger partial charge >= 0.3 is 0 Å². The minimum Gasteiger partial charge on any atom is -0.497 e. The van der Waals surface area contributed by atoms with Crippen molar-refractivity contribution in [2.24, 2.45) is 0 Å². The van der Waals surface area contributed by atoms with Crippen LogP contribution >= 0.6 is 0 Å². The number of rotatable bonds is 6. The van der Waals surface area contributed by atoms with Crippen LogP contribution in [0.1, 0.15) is 19.3 Å². The van der Waals surface area contributed by atoms with Crippen molar-refractivity contribution in [2.75, 3.05) is 18.6 Å². The van der Waals surface area contributed by atoms with Crippen molar-refractivity contribution in [3.05, 3.63) is 18.2 Å². The van der Waals surface area contributed by atoms with Crippen molar-refractivity contribution in [1.82, 2.24) is 0 Å². The number of hydrogen-bond acceptors (Lipinski definition) is 5. The van der Waals surface area contributed by atoms with Gasteiger partial charge in [0, 0.05) is 12.5 Å². The summed E-state index contributed by atoms with van der Waals surface area (Å²) in [6, 6.07) is 6.54. The molecule has 0 saturated carbocycles. The van der Waals surface area contributed by atoms with Crippen molar-refractivity contribution in [3.63, 3.8) is 0 Å².